The van der Waals surface area contributed by atoms with E-state index in [1.165, 1.54) is 22.9 Å². The summed E-state index contributed by atoms with van der Waals surface area (Å²) < 4.78 is 27.3. The van der Waals surface area contributed by atoms with Gasteiger partial charge in [0.1, 0.15) is 6.04 Å². The Morgan fingerprint density at radius 3 is 2.32 bits per heavy atom. The minimum Gasteiger partial charge on any atom is -0.284 e. The molecule has 1 aliphatic heterocycles. The van der Waals surface area contributed by atoms with Gasteiger partial charge >= 0.3 is 0 Å². The fraction of sp³-hybridized carbons (Fsp3) is 0.364. The summed E-state index contributed by atoms with van der Waals surface area (Å²) in [6.45, 7) is 3.70. The lowest BCUT2D eigenvalue weighted by atomic mass is 10.1. The van der Waals surface area contributed by atoms with Crippen molar-refractivity contribution in [1.29, 1.82) is 0 Å². The number of halogens is 1. The predicted molar refractivity (Wildman–Crippen MR) is 82.5 cm³/mol. The van der Waals surface area contributed by atoms with Crippen LogP contribution in [-0.4, -0.2) is 24.3 Å². The van der Waals surface area contributed by atoms with Crippen LogP contribution in [0, 0.1) is 0 Å². The normalized spacial score (nSPS) is 22.7. The van der Waals surface area contributed by atoms with Gasteiger partial charge in [0.25, 0.3) is 0 Å². The second kappa shape index (κ2) is 5.40. The second-order valence-electron chi connectivity index (χ2n) is 4.60. The van der Waals surface area contributed by atoms with E-state index in [9.17, 15) is 13.2 Å². The molecule has 1 saturated heterocycles. The zero-order valence-corrected chi connectivity index (χ0v) is 14.2. The summed E-state index contributed by atoms with van der Waals surface area (Å²) in [4.78, 5) is 11.9. The number of hydrogen-bond acceptors (Lipinski definition) is 5. The van der Waals surface area contributed by atoms with Gasteiger partial charge in [0.05, 0.1) is 4.90 Å². The molecule has 0 aliphatic carbocycles. The maximum Gasteiger partial charge on any atom is 0.241 e. The van der Waals surface area contributed by atoms with E-state index in [0.29, 0.717) is 0 Å². The van der Waals surface area contributed by atoms with E-state index in [0.717, 1.165) is 15.3 Å². The van der Waals surface area contributed by atoms with Crippen molar-refractivity contribution in [3.8, 4) is 0 Å². The average molecular weight is 382 g/mol. The number of rotatable bonds is 3. The quantitative estimate of drug-likeness (QED) is 0.815. The summed E-state index contributed by atoms with van der Waals surface area (Å²) in [6.07, 6.45) is 0. The van der Waals surface area contributed by atoms with Gasteiger partial charge in [-0.15, -0.1) is 0 Å². The standard InChI is InChI=1S/C11H12BrNO3S3/c1-11(2)9(10(14)17-18-11)13-19(15,16)8-5-3-7(12)4-6-8/h3-6,9,13H,1-2H3. The van der Waals surface area contributed by atoms with E-state index >= 15 is 0 Å². The van der Waals surface area contributed by atoms with Gasteiger partial charge in [-0.1, -0.05) is 26.7 Å². The zero-order valence-electron chi connectivity index (χ0n) is 10.2. The van der Waals surface area contributed by atoms with Crippen molar-refractivity contribution in [2.45, 2.75) is 29.5 Å². The molecule has 0 radical (unpaired) electrons. The van der Waals surface area contributed by atoms with Crippen LogP contribution in [0.25, 0.3) is 0 Å². The third kappa shape index (κ3) is 3.36. The molecule has 0 saturated carbocycles. The van der Waals surface area contributed by atoms with Crippen molar-refractivity contribution in [2.24, 2.45) is 0 Å². The van der Waals surface area contributed by atoms with Crippen LogP contribution in [0.3, 0.4) is 0 Å². The largest absolute Gasteiger partial charge is 0.284 e. The Balaban J connectivity index is 2.27. The fourth-order valence-electron chi connectivity index (χ4n) is 1.56. The maximum absolute atomic E-state index is 12.2. The molecule has 0 aromatic heterocycles. The number of carbonyl (C=O) groups excluding carboxylic acids is 1. The number of carbonyl (C=O) groups is 1. The van der Waals surface area contributed by atoms with Gasteiger partial charge in [0, 0.05) is 9.22 Å². The Morgan fingerprint density at radius 1 is 1.26 bits per heavy atom. The average Bonchev–Trinajstić information content (AvgIpc) is 2.56. The van der Waals surface area contributed by atoms with Crippen LogP contribution in [0.5, 0.6) is 0 Å². The number of benzene rings is 1. The highest BCUT2D eigenvalue weighted by Crippen LogP contribution is 2.47. The first-order valence-corrected chi connectivity index (χ1v) is 9.82. The molecule has 0 bridgehead atoms. The third-order valence-electron chi connectivity index (χ3n) is 2.67. The molecule has 1 fully saturated rings. The van der Waals surface area contributed by atoms with Gasteiger partial charge < -0.3 is 0 Å². The van der Waals surface area contributed by atoms with Crippen LogP contribution in [0.4, 0.5) is 0 Å². The summed E-state index contributed by atoms with van der Waals surface area (Å²) >= 11 is 3.25. The summed E-state index contributed by atoms with van der Waals surface area (Å²) in [6, 6.07) is 5.59. The van der Waals surface area contributed by atoms with E-state index in [-0.39, 0.29) is 10.0 Å². The Morgan fingerprint density at radius 2 is 1.84 bits per heavy atom. The molecule has 1 heterocycles. The highest BCUT2D eigenvalue weighted by molar-refractivity contribution is 9.10. The highest BCUT2D eigenvalue weighted by atomic mass is 79.9. The molecule has 0 spiro atoms. The van der Waals surface area contributed by atoms with Crippen LogP contribution in [0.2, 0.25) is 0 Å². The molecule has 1 unspecified atom stereocenters. The van der Waals surface area contributed by atoms with E-state index < -0.39 is 20.8 Å². The lowest BCUT2D eigenvalue weighted by molar-refractivity contribution is -0.112. The molecule has 0 amide bonds. The van der Waals surface area contributed by atoms with Crippen LogP contribution >= 0.6 is 37.5 Å². The molecule has 19 heavy (non-hydrogen) atoms. The van der Waals surface area contributed by atoms with Gasteiger partial charge in [-0.05, 0) is 48.9 Å². The Kier molecular flexibility index (Phi) is 4.37. The first-order valence-electron chi connectivity index (χ1n) is 5.40. The fourth-order valence-corrected chi connectivity index (χ4v) is 5.86. The van der Waals surface area contributed by atoms with Crippen molar-refractivity contribution in [1.82, 2.24) is 4.72 Å². The molecule has 1 aromatic carbocycles. The predicted octanol–water partition coefficient (Wildman–Crippen LogP) is 2.80. The minimum atomic E-state index is -3.68. The molecule has 1 atom stereocenters. The third-order valence-corrected chi connectivity index (χ3v) is 7.81. The van der Waals surface area contributed by atoms with E-state index in [2.05, 4.69) is 20.7 Å². The molecule has 2 rings (SSSR count). The van der Waals surface area contributed by atoms with Crippen LogP contribution in [0.15, 0.2) is 33.6 Å². The van der Waals surface area contributed by atoms with Gasteiger partial charge in [-0.3, -0.25) is 4.79 Å². The zero-order chi connectivity index (χ0) is 14.3. The lowest BCUT2D eigenvalue weighted by Crippen LogP contribution is -2.47. The molecule has 1 aromatic rings. The summed E-state index contributed by atoms with van der Waals surface area (Å²) in [5, 5.41) is -0.157. The van der Waals surface area contributed by atoms with Crippen molar-refractivity contribution in [3.63, 3.8) is 0 Å². The number of nitrogens with one attached hydrogen (secondary N) is 1. The van der Waals surface area contributed by atoms with Gasteiger partial charge in [0.15, 0.2) is 0 Å². The van der Waals surface area contributed by atoms with Crippen LogP contribution in [0.1, 0.15) is 13.8 Å². The number of hydrogen-bond donors (Lipinski definition) is 1. The molecule has 8 heteroatoms. The molecule has 104 valence electrons. The summed E-state index contributed by atoms with van der Waals surface area (Å²) in [5.41, 5.74) is 0. The maximum atomic E-state index is 12.2. The van der Waals surface area contributed by atoms with Crippen molar-refractivity contribution in [3.05, 3.63) is 28.7 Å². The minimum absolute atomic E-state index is 0.154. The first kappa shape index (κ1) is 15.4. The summed E-state index contributed by atoms with van der Waals surface area (Å²) in [5.74, 6) is 0. The van der Waals surface area contributed by atoms with E-state index in [1.807, 2.05) is 13.8 Å². The smallest absolute Gasteiger partial charge is 0.241 e. The van der Waals surface area contributed by atoms with Crippen LogP contribution in [-0.2, 0) is 14.8 Å². The molecule has 1 aliphatic rings. The van der Waals surface area contributed by atoms with E-state index in [1.54, 1.807) is 12.1 Å². The van der Waals surface area contributed by atoms with Gasteiger partial charge in [-0.25, -0.2) is 8.42 Å². The van der Waals surface area contributed by atoms with Crippen LogP contribution < -0.4 is 4.72 Å². The molecule has 1 N–H and O–H groups in total. The number of sulfonamides is 1. The van der Waals surface area contributed by atoms with Crippen molar-refractivity contribution >= 4 is 52.7 Å². The first-order chi connectivity index (χ1) is 8.72. The second-order valence-corrected chi connectivity index (χ2v) is 10.0. The van der Waals surface area contributed by atoms with Crippen molar-refractivity contribution in [2.75, 3.05) is 0 Å². The Labute approximate surface area is 128 Å². The molecule has 4 nitrogen and oxygen atoms in total. The SMILES string of the molecule is CC1(C)SSC(=O)C1NS(=O)(=O)c1ccc(Br)cc1. The Hall–Kier alpha value is -0.0200. The van der Waals surface area contributed by atoms with E-state index in [4.69, 9.17) is 0 Å². The lowest BCUT2D eigenvalue weighted by Gasteiger charge is -2.23. The highest BCUT2D eigenvalue weighted by Gasteiger charge is 2.45. The van der Waals surface area contributed by atoms with Gasteiger partial charge in [-0.2, -0.15) is 4.72 Å². The molecular formula is C11H12BrNO3S3. The Bertz CT molecular complexity index is 598. The van der Waals surface area contributed by atoms with Gasteiger partial charge in [0.2, 0.25) is 15.1 Å². The van der Waals surface area contributed by atoms with Crippen molar-refractivity contribution < 1.29 is 13.2 Å². The summed E-state index contributed by atoms with van der Waals surface area (Å²) in [7, 11) is -1.20. The topological polar surface area (TPSA) is 63.2 Å². The monoisotopic (exact) mass is 381 g/mol. The molecular weight excluding hydrogens is 370 g/mol.